The molecule has 0 aliphatic heterocycles. The summed E-state index contributed by atoms with van der Waals surface area (Å²) in [4.78, 5) is 6.45. The third-order valence-corrected chi connectivity index (χ3v) is 10.6. The molecule has 1 unspecified atom stereocenters. The number of nitrogens with one attached hydrogen (secondary N) is 1. The van der Waals surface area contributed by atoms with Crippen LogP contribution >= 0.6 is 0 Å². The molecular weight excluding hydrogens is 789 g/mol. The number of azo groups is 2. The highest BCUT2D eigenvalue weighted by molar-refractivity contribution is 7.87. The number of rotatable bonds is 10. The minimum Gasteiger partial charge on any atom is -0.505 e. The van der Waals surface area contributed by atoms with Crippen molar-refractivity contribution in [3.63, 3.8) is 0 Å². The number of nitrogens with zero attached hydrogens (tertiary/aromatic N) is 4. The van der Waals surface area contributed by atoms with Crippen molar-refractivity contribution in [2.75, 3.05) is 11.1 Å². The van der Waals surface area contributed by atoms with Gasteiger partial charge in [0.15, 0.2) is 16.8 Å². The van der Waals surface area contributed by atoms with Crippen molar-refractivity contribution >= 4 is 102 Å². The molecule has 0 aliphatic carbocycles. The van der Waals surface area contributed by atoms with Crippen molar-refractivity contribution in [3.8, 4) is 5.75 Å². The van der Waals surface area contributed by atoms with Crippen molar-refractivity contribution in [2.45, 2.75) is 31.4 Å². The third kappa shape index (κ3) is 8.56. The Morgan fingerprint density at radius 3 is 1.73 bits per heavy atom. The molecule has 0 spiro atoms. The molecule has 4 aromatic carbocycles. The summed E-state index contributed by atoms with van der Waals surface area (Å²) in [6.07, 6.45) is 0. The van der Waals surface area contributed by atoms with Gasteiger partial charge in [-0.3, -0.25) is 23.0 Å². The molecule has 0 saturated carbocycles. The zero-order valence-electron chi connectivity index (χ0n) is 24.8. The van der Waals surface area contributed by atoms with E-state index >= 15 is 0 Å². The Bertz CT molecular complexity index is 2700. The number of carbonyl (C=O) groups is 1. The zero-order valence-corrected chi connectivity index (χ0v) is 28.9. The summed E-state index contributed by atoms with van der Waals surface area (Å²) < 4.78 is 156. The van der Waals surface area contributed by atoms with E-state index in [1.54, 1.807) is 0 Å². The van der Waals surface area contributed by atoms with E-state index in [0.717, 1.165) is 31.2 Å². The summed E-state index contributed by atoms with van der Waals surface area (Å²) in [6, 6.07) is 5.99. The molecule has 1 atom stereocenters. The van der Waals surface area contributed by atoms with Gasteiger partial charge in [0.1, 0.15) is 42.3 Å². The number of phenolic OH excluding ortho intramolecular Hbond substituents is 1. The van der Waals surface area contributed by atoms with Crippen LogP contribution in [-0.2, 0) is 56.3 Å². The van der Waals surface area contributed by atoms with Gasteiger partial charge in [-0.15, -0.1) is 20.5 Å². The largest absolute Gasteiger partial charge is 0.505 e. The highest BCUT2D eigenvalue weighted by atomic mass is 32.2. The summed E-state index contributed by atoms with van der Waals surface area (Å²) in [5.41, 5.74) is 1.78. The number of anilines is 2. The number of hydrogen-bond acceptors (Lipinski definition) is 16. The Labute approximate surface area is 289 Å². The van der Waals surface area contributed by atoms with Crippen LogP contribution in [-0.4, -0.2) is 71.7 Å². The van der Waals surface area contributed by atoms with Crippen molar-refractivity contribution in [3.05, 3.63) is 48.5 Å². The van der Waals surface area contributed by atoms with Crippen LogP contribution in [0.1, 0.15) is 6.92 Å². The molecule has 0 radical (unpaired) electrons. The van der Waals surface area contributed by atoms with Gasteiger partial charge in [-0.05, 0) is 48.5 Å². The van der Waals surface area contributed by atoms with E-state index < -0.39 is 122 Å². The van der Waals surface area contributed by atoms with Gasteiger partial charge in [0.25, 0.3) is 40.5 Å². The minimum atomic E-state index is -5.40. The van der Waals surface area contributed by atoms with Crippen LogP contribution in [0.25, 0.3) is 10.8 Å². The first-order valence-electron chi connectivity index (χ1n) is 12.8. The van der Waals surface area contributed by atoms with E-state index in [0.29, 0.717) is 18.2 Å². The molecule has 27 heteroatoms. The molecule has 0 aliphatic rings. The number of hydrogen-bond donors (Lipinski definition) is 8. The monoisotopic (exact) mass is 808 g/mol. The van der Waals surface area contributed by atoms with Crippen LogP contribution in [0, 0.1) is 0 Å². The Morgan fingerprint density at radius 1 is 0.667 bits per heavy atom. The lowest BCUT2D eigenvalue weighted by molar-refractivity contribution is -0.114. The van der Waals surface area contributed by atoms with Crippen molar-refractivity contribution in [1.29, 1.82) is 0 Å². The summed E-state index contributed by atoms with van der Waals surface area (Å²) in [6.45, 7) is 0.904. The van der Waals surface area contributed by atoms with Gasteiger partial charge in [0.05, 0.1) is 16.3 Å². The SMILES string of the molecule is CC(=O)Nc1cc(N=Nc2c(S(=O)(=O)O)cc3c(N=Nc4ccc(S(=O)O)cc4S(=O)(=O)O)c(N)ccc3c2O)c(S(=O)(=O)O)cc1S(=O)(=O)O. The Hall–Kier alpha value is -4.84. The molecule has 4 rings (SSSR count). The standard InChI is InChI=1S/C24H20N6O16S5/c1-10(31)26-16-8-17(20(50(41,42)43)9-19(16)49(38,39)40)28-30-23-21(51(44,45)46)7-13-12(24(23)32)3-4-14(25)22(13)29-27-15-5-2-11(47(33)34)6-18(15)48(35,36)37/h2-9,32H,25H2,1H3,(H,26,31)(H,33,34)(H,35,36,37)(H,38,39,40)(H,41,42,43)(H,44,45,46). The van der Waals surface area contributed by atoms with E-state index in [-0.39, 0.29) is 17.1 Å². The first-order valence-corrected chi connectivity index (χ1v) is 19.7. The second kappa shape index (κ2) is 13.7. The molecule has 0 saturated heterocycles. The molecule has 272 valence electrons. The molecular formula is C24H20N6O16S5. The van der Waals surface area contributed by atoms with Gasteiger partial charge in [-0.2, -0.15) is 33.7 Å². The van der Waals surface area contributed by atoms with E-state index in [2.05, 4.69) is 20.5 Å². The first kappa shape index (κ1) is 39.0. The average molecular weight is 809 g/mol. The van der Waals surface area contributed by atoms with Gasteiger partial charge < -0.3 is 20.7 Å². The number of carbonyl (C=O) groups excluding carboxylic acids is 1. The zero-order chi connectivity index (χ0) is 38.4. The second-order valence-electron chi connectivity index (χ2n) is 9.85. The summed E-state index contributed by atoms with van der Waals surface area (Å²) in [5.74, 6) is -2.03. The van der Waals surface area contributed by atoms with Gasteiger partial charge in [0, 0.05) is 17.7 Å². The molecule has 22 nitrogen and oxygen atoms in total. The maximum Gasteiger partial charge on any atom is 0.296 e. The fraction of sp³-hybridized carbons (Fsp3) is 0.0417. The molecule has 9 N–H and O–H groups in total. The first-order chi connectivity index (χ1) is 23.3. The molecule has 0 bridgehead atoms. The fourth-order valence-corrected chi connectivity index (χ4v) is 7.40. The lowest BCUT2D eigenvalue weighted by Crippen LogP contribution is -2.12. The van der Waals surface area contributed by atoms with Gasteiger partial charge in [-0.1, -0.05) is 0 Å². The molecule has 4 aromatic rings. The topological polar surface area (TPSA) is 380 Å². The van der Waals surface area contributed by atoms with Gasteiger partial charge in [0.2, 0.25) is 5.91 Å². The minimum absolute atomic E-state index is 0.193. The Morgan fingerprint density at radius 2 is 1.20 bits per heavy atom. The smallest absolute Gasteiger partial charge is 0.296 e. The number of amides is 1. The van der Waals surface area contributed by atoms with Crippen LogP contribution in [0.5, 0.6) is 5.75 Å². The van der Waals surface area contributed by atoms with Crippen LogP contribution in [0.3, 0.4) is 0 Å². The van der Waals surface area contributed by atoms with E-state index in [1.807, 2.05) is 5.32 Å². The van der Waals surface area contributed by atoms with E-state index in [1.165, 1.54) is 0 Å². The summed E-state index contributed by atoms with van der Waals surface area (Å²) in [5, 5.41) is 26.8. The van der Waals surface area contributed by atoms with Crippen LogP contribution in [0.2, 0.25) is 0 Å². The lowest BCUT2D eigenvalue weighted by Gasteiger charge is -2.13. The predicted molar refractivity (Wildman–Crippen MR) is 174 cm³/mol. The van der Waals surface area contributed by atoms with Crippen LogP contribution < -0.4 is 11.1 Å². The quantitative estimate of drug-likeness (QED) is 0.0492. The Kier molecular flexibility index (Phi) is 10.5. The predicted octanol–water partition coefficient (Wildman–Crippen LogP) is 3.48. The number of fused-ring (bicyclic) bond motifs is 1. The fourth-order valence-electron chi connectivity index (χ4n) is 4.26. The number of nitrogen functional groups attached to an aromatic ring is 1. The van der Waals surface area contributed by atoms with Crippen LogP contribution in [0.15, 0.2) is 93.5 Å². The normalized spacial score (nSPS) is 13.6. The highest BCUT2D eigenvalue weighted by Gasteiger charge is 2.27. The maximum absolute atomic E-state index is 12.5. The van der Waals surface area contributed by atoms with Crippen molar-refractivity contribution in [2.24, 2.45) is 20.5 Å². The average Bonchev–Trinajstić information content (AvgIpc) is 2.97. The molecule has 0 fully saturated rings. The third-order valence-electron chi connectivity index (χ3n) is 6.37. The second-order valence-corrected chi connectivity index (χ2v) is 16.4. The van der Waals surface area contributed by atoms with Gasteiger partial charge >= 0.3 is 0 Å². The summed E-state index contributed by atoms with van der Waals surface area (Å²) >= 11 is -2.68. The van der Waals surface area contributed by atoms with Gasteiger partial charge in [-0.25, -0.2) is 4.21 Å². The van der Waals surface area contributed by atoms with Crippen LogP contribution in [0.4, 0.5) is 34.1 Å². The number of aromatic hydroxyl groups is 1. The maximum atomic E-state index is 12.5. The molecule has 0 aromatic heterocycles. The van der Waals surface area contributed by atoms with E-state index in [9.17, 15) is 70.5 Å². The Balaban J connectivity index is 2.00. The molecule has 0 heterocycles. The summed E-state index contributed by atoms with van der Waals surface area (Å²) in [7, 11) is -21.1. The molecule has 51 heavy (non-hydrogen) atoms. The number of benzene rings is 4. The van der Waals surface area contributed by atoms with Crippen molar-refractivity contribution in [1.82, 2.24) is 0 Å². The number of nitrogens with two attached hydrogens (primary N) is 1. The highest BCUT2D eigenvalue weighted by Crippen LogP contribution is 2.46. The van der Waals surface area contributed by atoms with E-state index in [4.69, 9.17) is 5.73 Å². The molecule has 1 amide bonds. The number of phenols is 1. The lowest BCUT2D eigenvalue weighted by atomic mass is 10.1. The van der Waals surface area contributed by atoms with Crippen molar-refractivity contribution < 1.29 is 70.5 Å².